The molecule has 1 aromatic rings. The Morgan fingerprint density at radius 3 is 2.27 bits per heavy atom. The molecule has 15 heavy (non-hydrogen) atoms. The Labute approximate surface area is 88.7 Å². The van der Waals surface area contributed by atoms with Gasteiger partial charge in [0.15, 0.2) is 0 Å². The van der Waals surface area contributed by atoms with E-state index in [4.69, 9.17) is 5.11 Å². The average Bonchev–Trinajstić information content (AvgIpc) is 2.26. The minimum Gasteiger partial charge on any atom is -0.475 e. The number of hydrogen-bond donors (Lipinski definition) is 1. The third kappa shape index (κ3) is 3.20. The third-order valence-electron chi connectivity index (χ3n) is 2.23. The van der Waals surface area contributed by atoms with Crippen molar-refractivity contribution in [3.63, 3.8) is 0 Å². The van der Waals surface area contributed by atoms with Crippen molar-refractivity contribution in [2.45, 2.75) is 26.2 Å². The molecule has 0 fully saturated rings. The second-order valence-electron chi connectivity index (χ2n) is 3.43. The topological polar surface area (TPSA) is 54.4 Å². The molecule has 0 aliphatic rings. The molecule has 80 valence electrons. The van der Waals surface area contributed by atoms with Crippen molar-refractivity contribution in [2.24, 2.45) is 0 Å². The standard InChI is InChI=1S/C12H14O3/c1-2-3-4-9-5-7-10(8-6-9)11(13)12(14)15/h5-8H,2-4H2,1H3,(H,14,15). The molecule has 0 unspecified atom stereocenters. The highest BCUT2D eigenvalue weighted by molar-refractivity contribution is 6.39. The quantitative estimate of drug-likeness (QED) is 0.594. The first kappa shape index (κ1) is 11.4. The number of carbonyl (C=O) groups excluding carboxylic acids is 1. The summed E-state index contributed by atoms with van der Waals surface area (Å²) in [6.45, 7) is 2.11. The van der Waals surface area contributed by atoms with E-state index in [-0.39, 0.29) is 5.56 Å². The van der Waals surface area contributed by atoms with Crippen molar-refractivity contribution in [1.82, 2.24) is 0 Å². The van der Waals surface area contributed by atoms with Crippen LogP contribution in [0, 0.1) is 0 Å². The largest absolute Gasteiger partial charge is 0.475 e. The number of carboxylic acid groups (broad SMARTS) is 1. The predicted octanol–water partition coefficient (Wildman–Crippen LogP) is 2.30. The molecule has 3 nitrogen and oxygen atoms in total. The van der Waals surface area contributed by atoms with Crippen LogP contribution in [0.15, 0.2) is 24.3 Å². The van der Waals surface area contributed by atoms with Gasteiger partial charge in [-0.3, -0.25) is 4.79 Å². The summed E-state index contributed by atoms with van der Waals surface area (Å²) in [5, 5.41) is 8.50. The number of benzene rings is 1. The van der Waals surface area contributed by atoms with E-state index in [1.165, 1.54) is 0 Å². The SMILES string of the molecule is CCCCc1ccc(C(=O)C(=O)O)cc1. The van der Waals surface area contributed by atoms with Crippen LogP contribution in [0.3, 0.4) is 0 Å². The normalized spacial score (nSPS) is 9.93. The molecule has 0 aromatic heterocycles. The number of rotatable bonds is 5. The monoisotopic (exact) mass is 206 g/mol. The zero-order valence-corrected chi connectivity index (χ0v) is 8.69. The Morgan fingerprint density at radius 2 is 1.80 bits per heavy atom. The maximum atomic E-state index is 11.1. The first-order chi connectivity index (χ1) is 7.15. The van der Waals surface area contributed by atoms with E-state index < -0.39 is 11.8 Å². The van der Waals surface area contributed by atoms with Crippen LogP contribution in [-0.4, -0.2) is 16.9 Å². The fraction of sp³-hybridized carbons (Fsp3) is 0.333. The molecular weight excluding hydrogens is 192 g/mol. The molecular formula is C12H14O3. The number of aliphatic carboxylic acids is 1. The highest BCUT2D eigenvalue weighted by Crippen LogP contribution is 2.08. The lowest BCUT2D eigenvalue weighted by atomic mass is 10.0. The van der Waals surface area contributed by atoms with E-state index in [0.29, 0.717) is 0 Å². The summed E-state index contributed by atoms with van der Waals surface area (Å²) in [5.74, 6) is -2.26. The molecule has 1 rings (SSSR count). The van der Waals surface area contributed by atoms with E-state index in [1.54, 1.807) is 12.1 Å². The molecule has 0 saturated carbocycles. The zero-order valence-electron chi connectivity index (χ0n) is 8.69. The zero-order chi connectivity index (χ0) is 11.3. The van der Waals surface area contributed by atoms with E-state index in [2.05, 4.69) is 6.92 Å². The summed E-state index contributed by atoms with van der Waals surface area (Å²) in [6.07, 6.45) is 3.19. The first-order valence-electron chi connectivity index (χ1n) is 5.01. The molecule has 3 heteroatoms. The summed E-state index contributed by atoms with van der Waals surface area (Å²) in [6, 6.07) is 6.76. The Morgan fingerprint density at radius 1 is 1.20 bits per heavy atom. The van der Waals surface area contributed by atoms with Gasteiger partial charge in [0.25, 0.3) is 5.78 Å². The summed E-state index contributed by atoms with van der Waals surface area (Å²) in [7, 11) is 0. The van der Waals surface area contributed by atoms with Gasteiger partial charge >= 0.3 is 5.97 Å². The molecule has 0 spiro atoms. The van der Waals surface area contributed by atoms with Gasteiger partial charge in [0, 0.05) is 5.56 Å². The molecule has 0 bridgehead atoms. The Hall–Kier alpha value is -1.64. The lowest BCUT2D eigenvalue weighted by molar-refractivity contribution is -0.131. The molecule has 1 N–H and O–H groups in total. The number of unbranched alkanes of at least 4 members (excludes halogenated alkanes) is 1. The number of aryl methyl sites for hydroxylation is 1. The van der Waals surface area contributed by atoms with Gasteiger partial charge < -0.3 is 5.11 Å². The Kier molecular flexibility index (Phi) is 4.03. The van der Waals surface area contributed by atoms with Crippen molar-refractivity contribution >= 4 is 11.8 Å². The molecule has 0 radical (unpaired) electrons. The van der Waals surface area contributed by atoms with Gasteiger partial charge in [-0.15, -0.1) is 0 Å². The first-order valence-corrected chi connectivity index (χ1v) is 5.01. The van der Waals surface area contributed by atoms with Crippen LogP contribution in [0.5, 0.6) is 0 Å². The average molecular weight is 206 g/mol. The molecule has 0 aliphatic carbocycles. The summed E-state index contributed by atoms with van der Waals surface area (Å²) < 4.78 is 0. The summed E-state index contributed by atoms with van der Waals surface area (Å²) in [4.78, 5) is 21.5. The fourth-order valence-electron chi connectivity index (χ4n) is 1.33. The van der Waals surface area contributed by atoms with Crippen LogP contribution in [-0.2, 0) is 11.2 Å². The Bertz CT molecular complexity index is 352. The number of carboxylic acids is 1. The van der Waals surface area contributed by atoms with Crippen LogP contribution >= 0.6 is 0 Å². The second kappa shape index (κ2) is 5.29. The fourth-order valence-corrected chi connectivity index (χ4v) is 1.33. The third-order valence-corrected chi connectivity index (χ3v) is 2.23. The number of hydrogen-bond acceptors (Lipinski definition) is 2. The van der Waals surface area contributed by atoms with E-state index in [1.807, 2.05) is 12.1 Å². The molecule has 0 saturated heterocycles. The summed E-state index contributed by atoms with van der Waals surface area (Å²) in [5.41, 5.74) is 1.38. The van der Waals surface area contributed by atoms with Gasteiger partial charge in [0.2, 0.25) is 0 Å². The highest BCUT2D eigenvalue weighted by Gasteiger charge is 2.13. The van der Waals surface area contributed by atoms with Gasteiger partial charge in [-0.1, -0.05) is 37.6 Å². The maximum Gasteiger partial charge on any atom is 0.377 e. The smallest absolute Gasteiger partial charge is 0.377 e. The van der Waals surface area contributed by atoms with Crippen LogP contribution in [0.2, 0.25) is 0 Å². The van der Waals surface area contributed by atoms with E-state index >= 15 is 0 Å². The van der Waals surface area contributed by atoms with Crippen LogP contribution in [0.4, 0.5) is 0 Å². The van der Waals surface area contributed by atoms with Crippen molar-refractivity contribution in [2.75, 3.05) is 0 Å². The Balaban J connectivity index is 2.72. The minimum absolute atomic E-state index is 0.239. The van der Waals surface area contributed by atoms with Gasteiger partial charge in [0.1, 0.15) is 0 Å². The minimum atomic E-state index is -1.41. The number of carbonyl (C=O) groups is 2. The van der Waals surface area contributed by atoms with Crippen LogP contribution in [0.1, 0.15) is 35.7 Å². The molecule has 0 aliphatic heterocycles. The lowest BCUT2D eigenvalue weighted by Crippen LogP contribution is -2.12. The van der Waals surface area contributed by atoms with Crippen molar-refractivity contribution in [1.29, 1.82) is 0 Å². The van der Waals surface area contributed by atoms with Crippen molar-refractivity contribution in [3.8, 4) is 0 Å². The van der Waals surface area contributed by atoms with Gasteiger partial charge in [-0.25, -0.2) is 4.79 Å². The maximum absolute atomic E-state index is 11.1. The van der Waals surface area contributed by atoms with E-state index in [0.717, 1.165) is 24.8 Å². The molecule has 1 aromatic carbocycles. The summed E-state index contributed by atoms with van der Waals surface area (Å²) >= 11 is 0. The van der Waals surface area contributed by atoms with Gasteiger partial charge in [-0.05, 0) is 18.4 Å². The van der Waals surface area contributed by atoms with Crippen molar-refractivity contribution in [3.05, 3.63) is 35.4 Å². The van der Waals surface area contributed by atoms with Crippen molar-refractivity contribution < 1.29 is 14.7 Å². The molecule has 0 amide bonds. The van der Waals surface area contributed by atoms with E-state index in [9.17, 15) is 9.59 Å². The van der Waals surface area contributed by atoms with Gasteiger partial charge in [-0.2, -0.15) is 0 Å². The number of ketones is 1. The lowest BCUT2D eigenvalue weighted by Gasteiger charge is -2.00. The van der Waals surface area contributed by atoms with Crippen LogP contribution < -0.4 is 0 Å². The molecule has 0 heterocycles. The number of Topliss-reactive ketones (excluding diaryl/α,β-unsaturated/α-hetero) is 1. The van der Waals surface area contributed by atoms with Gasteiger partial charge in [0.05, 0.1) is 0 Å². The highest BCUT2D eigenvalue weighted by atomic mass is 16.4. The predicted molar refractivity (Wildman–Crippen MR) is 57.0 cm³/mol. The van der Waals surface area contributed by atoms with Crippen LogP contribution in [0.25, 0.3) is 0 Å². The second-order valence-corrected chi connectivity index (χ2v) is 3.43. The molecule has 0 atom stereocenters.